The lowest BCUT2D eigenvalue weighted by Gasteiger charge is -2.37. The molecular weight excluding hydrogens is 525 g/mol. The Labute approximate surface area is 168 Å². The van der Waals surface area contributed by atoms with Gasteiger partial charge in [0.15, 0.2) is 23.3 Å². The number of halogens is 17. The van der Waals surface area contributed by atoms with E-state index in [-0.39, 0.29) is 0 Å². The van der Waals surface area contributed by atoms with Crippen LogP contribution in [0.1, 0.15) is 5.56 Å². The van der Waals surface area contributed by atoms with Crippen LogP contribution < -0.4 is 5.73 Å². The molecule has 1 aromatic rings. The fourth-order valence-electron chi connectivity index (χ4n) is 1.81. The second kappa shape index (κ2) is 8.28. The molecular formula is C13H2F17NO2. The Morgan fingerprint density at radius 2 is 1.03 bits per heavy atom. The van der Waals surface area contributed by atoms with Gasteiger partial charge in [-0.1, -0.05) is 0 Å². The van der Waals surface area contributed by atoms with Crippen LogP contribution in [0.2, 0.25) is 0 Å². The summed E-state index contributed by atoms with van der Waals surface area (Å²) in [6.45, 7) is 0. The molecule has 0 fully saturated rings. The Morgan fingerprint density at radius 3 is 1.36 bits per heavy atom. The highest BCUT2D eigenvalue weighted by Crippen LogP contribution is 2.55. The predicted octanol–water partition coefficient (Wildman–Crippen LogP) is 6.40. The molecule has 20 heteroatoms. The van der Waals surface area contributed by atoms with E-state index in [1.54, 1.807) is 4.74 Å². The Kier molecular flexibility index (Phi) is 7.11. The van der Waals surface area contributed by atoms with Crippen molar-refractivity contribution in [3.8, 4) is 0 Å². The SMILES string of the molecule is Nc1c(F)c(F)c(C(F)(F)C(F)(F)OC(F)(C(F)(F)F)C(F)(F)OC(F)=C(F)F)c(F)c1F. The van der Waals surface area contributed by atoms with E-state index in [0.29, 0.717) is 0 Å². The average Bonchev–Trinajstić information content (AvgIpc) is 2.62. The number of ether oxygens (including phenoxy) is 2. The Bertz CT molecular complexity index is 922. The molecule has 1 rings (SSSR count). The van der Waals surface area contributed by atoms with Crippen molar-refractivity contribution in [3.63, 3.8) is 0 Å². The molecule has 2 N–H and O–H groups in total. The molecule has 33 heavy (non-hydrogen) atoms. The maximum absolute atomic E-state index is 13.9. The topological polar surface area (TPSA) is 44.5 Å². The molecule has 1 atom stereocenters. The van der Waals surface area contributed by atoms with Gasteiger partial charge in [0, 0.05) is 0 Å². The number of anilines is 1. The lowest BCUT2D eigenvalue weighted by Crippen LogP contribution is -2.63. The smallest absolute Gasteiger partial charge is 0.398 e. The third-order valence-electron chi connectivity index (χ3n) is 3.35. The van der Waals surface area contributed by atoms with E-state index in [0.717, 1.165) is 0 Å². The van der Waals surface area contributed by atoms with Crippen LogP contribution >= 0.6 is 0 Å². The fraction of sp³-hybridized carbons (Fsp3) is 0.385. The van der Waals surface area contributed by atoms with E-state index < -0.39 is 76.8 Å². The second-order valence-electron chi connectivity index (χ2n) is 5.48. The molecule has 0 radical (unpaired) electrons. The van der Waals surface area contributed by atoms with Crippen molar-refractivity contribution in [2.45, 2.75) is 30.2 Å². The molecule has 0 saturated carbocycles. The average molecular weight is 527 g/mol. The maximum Gasteiger partial charge on any atom is 0.471 e. The summed E-state index contributed by atoms with van der Waals surface area (Å²) >= 11 is 0. The summed E-state index contributed by atoms with van der Waals surface area (Å²) in [5, 5.41) is 0. The van der Waals surface area contributed by atoms with Crippen LogP contribution in [0.5, 0.6) is 0 Å². The van der Waals surface area contributed by atoms with E-state index >= 15 is 0 Å². The molecule has 0 bridgehead atoms. The highest BCUT2D eigenvalue weighted by Gasteiger charge is 2.81. The summed E-state index contributed by atoms with van der Waals surface area (Å²) in [6.07, 6.45) is -26.6. The Hall–Kier alpha value is -2.67. The summed E-state index contributed by atoms with van der Waals surface area (Å²) in [6, 6.07) is -4.02. The van der Waals surface area contributed by atoms with Crippen molar-refractivity contribution < 1.29 is 84.1 Å². The minimum atomic E-state index is -7.66. The molecule has 1 unspecified atom stereocenters. The molecule has 0 heterocycles. The van der Waals surface area contributed by atoms with Crippen LogP contribution in [0.25, 0.3) is 0 Å². The van der Waals surface area contributed by atoms with Crippen molar-refractivity contribution in [1.29, 1.82) is 0 Å². The van der Waals surface area contributed by atoms with Crippen molar-refractivity contribution in [2.24, 2.45) is 0 Å². The van der Waals surface area contributed by atoms with E-state index in [1.165, 1.54) is 0 Å². The molecule has 0 aromatic heterocycles. The van der Waals surface area contributed by atoms with Gasteiger partial charge in [0.05, 0.1) is 0 Å². The standard InChI is InChI=1S/C13H2F17NO2/c14-2-1(3(15)5(17)6(31)4(2)16)9(21,22)12(27,28)33-10(23,11(24,25)26)13(29,30)32-8(20)7(18)19/h31H2. The largest absolute Gasteiger partial charge is 0.471 e. The summed E-state index contributed by atoms with van der Waals surface area (Å²) in [4.78, 5) is 0. The molecule has 1 aromatic carbocycles. The van der Waals surface area contributed by atoms with Gasteiger partial charge in [0.2, 0.25) is 0 Å². The van der Waals surface area contributed by atoms with Crippen LogP contribution in [0.3, 0.4) is 0 Å². The third kappa shape index (κ3) is 4.56. The Balaban J connectivity index is 3.75. The number of benzene rings is 1. The van der Waals surface area contributed by atoms with Crippen molar-refractivity contribution >= 4 is 5.69 Å². The zero-order valence-electron chi connectivity index (χ0n) is 14.3. The van der Waals surface area contributed by atoms with E-state index in [4.69, 9.17) is 0 Å². The number of alkyl halides is 10. The number of nitrogens with two attached hydrogens (primary N) is 1. The minimum Gasteiger partial charge on any atom is -0.398 e. The molecule has 0 saturated heterocycles. The lowest BCUT2D eigenvalue weighted by atomic mass is 10.0. The summed E-state index contributed by atoms with van der Waals surface area (Å²) < 4.78 is 227. The van der Waals surface area contributed by atoms with Crippen LogP contribution in [0.4, 0.5) is 80.3 Å². The van der Waals surface area contributed by atoms with E-state index in [9.17, 15) is 74.6 Å². The zero-order chi connectivity index (χ0) is 26.5. The highest BCUT2D eigenvalue weighted by atomic mass is 19.4. The summed E-state index contributed by atoms with van der Waals surface area (Å²) in [5.74, 6) is -27.9. The zero-order valence-corrected chi connectivity index (χ0v) is 14.3. The van der Waals surface area contributed by atoms with E-state index in [1.807, 2.05) is 4.74 Å². The van der Waals surface area contributed by atoms with Gasteiger partial charge in [-0.25, -0.2) is 17.6 Å². The minimum absolute atomic E-state index is 1.68. The number of hydrogen-bond donors (Lipinski definition) is 1. The predicted molar refractivity (Wildman–Crippen MR) is 66.9 cm³/mol. The molecule has 0 aliphatic rings. The summed E-state index contributed by atoms with van der Waals surface area (Å²) in [7, 11) is 0. The van der Waals surface area contributed by atoms with Crippen molar-refractivity contribution in [1.82, 2.24) is 0 Å². The van der Waals surface area contributed by atoms with Gasteiger partial charge in [-0.3, -0.25) is 4.74 Å². The first kappa shape index (κ1) is 28.4. The molecule has 190 valence electrons. The second-order valence-corrected chi connectivity index (χ2v) is 5.48. The van der Waals surface area contributed by atoms with Gasteiger partial charge in [0.25, 0.3) is 0 Å². The van der Waals surface area contributed by atoms with Gasteiger partial charge in [0.1, 0.15) is 11.3 Å². The van der Waals surface area contributed by atoms with Crippen LogP contribution in [-0.4, -0.2) is 24.2 Å². The number of hydrogen-bond acceptors (Lipinski definition) is 3. The van der Waals surface area contributed by atoms with Gasteiger partial charge in [-0.2, -0.15) is 57.1 Å². The van der Waals surface area contributed by atoms with Crippen molar-refractivity contribution in [2.75, 3.05) is 5.73 Å². The number of nitrogen functional groups attached to an aromatic ring is 1. The molecule has 0 spiro atoms. The lowest BCUT2D eigenvalue weighted by molar-refractivity contribution is -0.519. The quantitative estimate of drug-likeness (QED) is 0.193. The van der Waals surface area contributed by atoms with Gasteiger partial charge >= 0.3 is 42.3 Å². The molecule has 0 aliphatic heterocycles. The van der Waals surface area contributed by atoms with Crippen molar-refractivity contribution in [3.05, 3.63) is 40.9 Å². The van der Waals surface area contributed by atoms with Crippen LogP contribution in [0.15, 0.2) is 12.1 Å². The first-order chi connectivity index (χ1) is 14.5. The van der Waals surface area contributed by atoms with Crippen LogP contribution in [-0.2, 0) is 15.4 Å². The number of rotatable bonds is 7. The molecule has 0 amide bonds. The van der Waals surface area contributed by atoms with Gasteiger partial charge in [-0.05, 0) is 0 Å². The fourth-order valence-corrected chi connectivity index (χ4v) is 1.81. The van der Waals surface area contributed by atoms with E-state index in [2.05, 4.69) is 5.73 Å². The molecule has 3 nitrogen and oxygen atoms in total. The maximum atomic E-state index is 13.9. The van der Waals surface area contributed by atoms with Gasteiger partial charge < -0.3 is 10.5 Å². The first-order valence-corrected chi connectivity index (χ1v) is 7.07. The normalized spacial score (nSPS) is 15.3. The monoisotopic (exact) mass is 527 g/mol. The molecule has 0 aliphatic carbocycles. The Morgan fingerprint density at radius 1 is 0.636 bits per heavy atom. The van der Waals surface area contributed by atoms with Gasteiger partial charge in [-0.15, -0.1) is 0 Å². The summed E-state index contributed by atoms with van der Waals surface area (Å²) in [5.41, 5.74) is -1.69. The third-order valence-corrected chi connectivity index (χ3v) is 3.35. The first-order valence-electron chi connectivity index (χ1n) is 7.07. The van der Waals surface area contributed by atoms with Crippen LogP contribution in [0, 0.1) is 23.3 Å². The highest BCUT2D eigenvalue weighted by molar-refractivity contribution is 5.46.